The Balaban J connectivity index is 1.27. The van der Waals surface area contributed by atoms with Crippen LogP contribution in [0.15, 0.2) is 66.2 Å². The molecule has 0 aliphatic carbocycles. The summed E-state index contributed by atoms with van der Waals surface area (Å²) in [5.41, 5.74) is 3.83. The highest BCUT2D eigenvalue weighted by atomic mass is 32.1. The fraction of sp³-hybridized carbons (Fsp3) is 0.250. The third kappa shape index (κ3) is 4.06. The quantitative estimate of drug-likeness (QED) is 0.452. The zero-order valence-electron chi connectivity index (χ0n) is 17.1. The van der Waals surface area contributed by atoms with Crippen LogP contribution in [0.1, 0.15) is 18.5 Å². The van der Waals surface area contributed by atoms with Crippen LogP contribution < -0.4 is 5.32 Å². The zero-order chi connectivity index (χ0) is 21.2. The van der Waals surface area contributed by atoms with Gasteiger partial charge in [-0.05, 0) is 38.1 Å². The minimum Gasteiger partial charge on any atom is -0.506 e. The van der Waals surface area contributed by atoms with Crippen molar-refractivity contribution in [2.75, 3.05) is 18.4 Å². The second-order valence-corrected chi connectivity index (χ2v) is 8.76. The van der Waals surface area contributed by atoms with Gasteiger partial charge in [-0.1, -0.05) is 42.5 Å². The average Bonchev–Trinajstić information content (AvgIpc) is 3.39. The zero-order valence-corrected chi connectivity index (χ0v) is 17.9. The number of carbonyl (C=O) groups is 1. The number of piperidine rings is 1. The Labute approximate surface area is 184 Å². The summed E-state index contributed by atoms with van der Waals surface area (Å²) in [4.78, 5) is 20.9. The first-order valence-corrected chi connectivity index (χ1v) is 11.4. The molecule has 7 heteroatoms. The van der Waals surface area contributed by atoms with Gasteiger partial charge in [0.25, 0.3) is 0 Å². The molecule has 1 amide bonds. The number of rotatable bonds is 5. The number of hydrogen-bond acceptors (Lipinski definition) is 5. The molecule has 6 nitrogen and oxygen atoms in total. The van der Waals surface area contributed by atoms with Crippen LogP contribution in [0.5, 0.6) is 5.75 Å². The van der Waals surface area contributed by atoms with E-state index in [0.717, 1.165) is 48.7 Å². The van der Waals surface area contributed by atoms with Crippen molar-refractivity contribution >= 4 is 27.9 Å². The molecule has 0 radical (unpaired) electrons. The van der Waals surface area contributed by atoms with E-state index in [4.69, 9.17) is 4.98 Å². The number of nitrogens with zero attached hydrogens (tertiary/aromatic N) is 3. The van der Waals surface area contributed by atoms with Crippen LogP contribution in [-0.4, -0.2) is 38.4 Å². The lowest BCUT2D eigenvalue weighted by atomic mass is 9.95. The van der Waals surface area contributed by atoms with Crippen LogP contribution in [0.25, 0.3) is 16.2 Å². The lowest BCUT2D eigenvalue weighted by Crippen LogP contribution is -2.38. The molecule has 0 spiro atoms. The van der Waals surface area contributed by atoms with Crippen molar-refractivity contribution in [3.63, 3.8) is 0 Å². The number of imidazole rings is 1. The number of phenolic OH excluding ortho intramolecular Hbond substituents is 1. The van der Waals surface area contributed by atoms with Gasteiger partial charge in [0.2, 0.25) is 5.91 Å². The fourth-order valence-electron chi connectivity index (χ4n) is 4.19. The highest BCUT2D eigenvalue weighted by molar-refractivity contribution is 7.15. The molecular weight excluding hydrogens is 408 g/mol. The van der Waals surface area contributed by atoms with Gasteiger partial charge in [-0.2, -0.15) is 0 Å². The van der Waals surface area contributed by atoms with E-state index < -0.39 is 0 Å². The summed E-state index contributed by atoms with van der Waals surface area (Å²) in [5.74, 6) is 0.0361. The molecule has 2 aromatic carbocycles. The number of benzene rings is 2. The Morgan fingerprint density at radius 1 is 1.10 bits per heavy atom. The van der Waals surface area contributed by atoms with Crippen LogP contribution in [0.4, 0.5) is 5.69 Å². The van der Waals surface area contributed by atoms with Gasteiger partial charge >= 0.3 is 0 Å². The lowest BCUT2D eigenvalue weighted by Gasteiger charge is -2.31. The van der Waals surface area contributed by atoms with Gasteiger partial charge in [-0.15, -0.1) is 11.3 Å². The molecular formula is C24H24N4O2S. The number of anilines is 1. The second-order valence-electron chi connectivity index (χ2n) is 7.89. The average molecular weight is 433 g/mol. The molecule has 31 heavy (non-hydrogen) atoms. The monoisotopic (exact) mass is 432 g/mol. The van der Waals surface area contributed by atoms with E-state index in [0.29, 0.717) is 5.69 Å². The summed E-state index contributed by atoms with van der Waals surface area (Å²) in [6.45, 7) is 2.50. The maximum atomic E-state index is 12.7. The first kappa shape index (κ1) is 19.8. The third-order valence-electron chi connectivity index (χ3n) is 5.90. The highest BCUT2D eigenvalue weighted by Crippen LogP contribution is 2.30. The molecule has 1 aliphatic heterocycles. The van der Waals surface area contributed by atoms with Gasteiger partial charge in [0.1, 0.15) is 5.75 Å². The summed E-state index contributed by atoms with van der Waals surface area (Å²) in [6, 6.07) is 17.2. The highest BCUT2D eigenvalue weighted by Gasteiger charge is 2.27. The van der Waals surface area contributed by atoms with E-state index in [1.807, 2.05) is 18.2 Å². The Bertz CT molecular complexity index is 1190. The molecule has 1 fully saturated rings. The molecule has 0 bridgehead atoms. The number of thiazole rings is 1. The van der Waals surface area contributed by atoms with E-state index in [-0.39, 0.29) is 17.6 Å². The number of fused-ring (bicyclic) bond motifs is 1. The first-order chi connectivity index (χ1) is 15.2. The number of nitrogens with one attached hydrogen (secondary N) is 1. The summed E-state index contributed by atoms with van der Waals surface area (Å²) in [6.07, 6.45) is 3.68. The van der Waals surface area contributed by atoms with Crippen molar-refractivity contribution in [3.05, 3.63) is 71.9 Å². The normalized spacial score (nSPS) is 15.4. The SMILES string of the molecule is O=C(Nc1ccccc1O)C1CCN(Cc2c(-c3ccccc3)nc3sccn23)CC1. The van der Waals surface area contributed by atoms with Crippen molar-refractivity contribution in [1.82, 2.24) is 14.3 Å². The molecule has 1 saturated heterocycles. The van der Waals surface area contributed by atoms with E-state index in [2.05, 4.69) is 38.3 Å². The molecule has 4 aromatic rings. The Morgan fingerprint density at radius 2 is 1.84 bits per heavy atom. The van der Waals surface area contributed by atoms with Crippen LogP contribution in [0.3, 0.4) is 0 Å². The van der Waals surface area contributed by atoms with E-state index in [1.54, 1.807) is 35.6 Å². The van der Waals surface area contributed by atoms with E-state index in [1.165, 1.54) is 5.69 Å². The maximum Gasteiger partial charge on any atom is 0.227 e. The molecule has 3 heterocycles. The van der Waals surface area contributed by atoms with Gasteiger partial charge in [-0.25, -0.2) is 4.98 Å². The number of phenols is 1. The molecule has 0 unspecified atom stereocenters. The molecule has 158 valence electrons. The number of amides is 1. The summed E-state index contributed by atoms with van der Waals surface area (Å²) in [5, 5.41) is 14.8. The number of para-hydroxylation sites is 2. The molecule has 5 rings (SSSR count). The summed E-state index contributed by atoms with van der Waals surface area (Å²) < 4.78 is 2.18. The Kier molecular flexibility index (Phi) is 5.44. The largest absolute Gasteiger partial charge is 0.506 e. The van der Waals surface area contributed by atoms with Crippen LogP contribution in [-0.2, 0) is 11.3 Å². The van der Waals surface area contributed by atoms with Crippen LogP contribution in [0.2, 0.25) is 0 Å². The molecule has 1 aliphatic rings. The predicted octanol–water partition coefficient (Wildman–Crippen LogP) is 4.62. The van der Waals surface area contributed by atoms with Crippen LogP contribution >= 0.6 is 11.3 Å². The molecule has 2 N–H and O–H groups in total. The number of carbonyl (C=O) groups excluding carboxylic acids is 1. The van der Waals surface area contributed by atoms with Gasteiger partial charge in [0.15, 0.2) is 4.96 Å². The van der Waals surface area contributed by atoms with Gasteiger partial charge in [-0.3, -0.25) is 14.1 Å². The van der Waals surface area contributed by atoms with Gasteiger partial charge < -0.3 is 10.4 Å². The van der Waals surface area contributed by atoms with Crippen molar-refractivity contribution in [2.45, 2.75) is 19.4 Å². The van der Waals surface area contributed by atoms with E-state index in [9.17, 15) is 9.90 Å². The van der Waals surface area contributed by atoms with Gasteiger partial charge in [0.05, 0.1) is 17.1 Å². The fourth-order valence-corrected chi connectivity index (χ4v) is 4.92. The maximum absolute atomic E-state index is 12.7. The standard InChI is InChI=1S/C24H24N4O2S/c29-21-9-5-4-8-19(21)25-23(30)18-10-12-27(13-11-18)16-20-22(17-6-2-1-3-7-17)26-24-28(20)14-15-31-24/h1-9,14-15,18,29H,10-13,16H2,(H,25,30). The smallest absolute Gasteiger partial charge is 0.227 e. The predicted molar refractivity (Wildman–Crippen MR) is 123 cm³/mol. The molecule has 0 saturated carbocycles. The minimum absolute atomic E-state index is 0.0179. The molecule has 0 atom stereocenters. The van der Waals surface area contributed by atoms with Gasteiger partial charge in [0, 0.05) is 29.6 Å². The van der Waals surface area contributed by atoms with E-state index >= 15 is 0 Å². The number of aromatic nitrogens is 2. The summed E-state index contributed by atoms with van der Waals surface area (Å²) in [7, 11) is 0. The summed E-state index contributed by atoms with van der Waals surface area (Å²) >= 11 is 1.65. The number of aromatic hydroxyl groups is 1. The topological polar surface area (TPSA) is 69.9 Å². The molecule has 2 aromatic heterocycles. The Hall–Kier alpha value is -3.16. The minimum atomic E-state index is -0.0453. The first-order valence-electron chi connectivity index (χ1n) is 10.5. The van der Waals surface area contributed by atoms with Crippen LogP contribution in [0, 0.1) is 5.92 Å². The number of likely N-dealkylation sites (tertiary alicyclic amines) is 1. The van der Waals surface area contributed by atoms with Crippen molar-refractivity contribution in [2.24, 2.45) is 5.92 Å². The number of hydrogen-bond donors (Lipinski definition) is 2. The van der Waals surface area contributed by atoms with Crippen molar-refractivity contribution in [1.29, 1.82) is 0 Å². The third-order valence-corrected chi connectivity index (χ3v) is 6.66. The lowest BCUT2D eigenvalue weighted by molar-refractivity contribution is -0.121. The Morgan fingerprint density at radius 3 is 2.61 bits per heavy atom. The second kappa shape index (κ2) is 8.53. The van der Waals surface area contributed by atoms with Crippen molar-refractivity contribution in [3.8, 4) is 17.0 Å². The van der Waals surface area contributed by atoms with Crippen molar-refractivity contribution < 1.29 is 9.90 Å².